The SMILES string of the molecule is C=C[C@](C)(CCC=C(C)C)[C@H](O)/C=C/C1CCCCC1. The van der Waals surface area contributed by atoms with Gasteiger partial charge in [-0.15, -0.1) is 6.58 Å². The predicted octanol–water partition coefficient (Wildman–Crippen LogP) is 5.42. The normalized spacial score (nSPS) is 21.4. The Balaban J connectivity index is 2.55. The van der Waals surface area contributed by atoms with E-state index in [1.165, 1.54) is 37.7 Å². The summed E-state index contributed by atoms with van der Waals surface area (Å²) in [6.07, 6.45) is 16.5. The number of hydrogen-bond donors (Lipinski definition) is 1. The molecular formula is C19H32O. The molecule has 0 radical (unpaired) electrons. The summed E-state index contributed by atoms with van der Waals surface area (Å²) in [7, 11) is 0. The lowest BCUT2D eigenvalue weighted by Gasteiger charge is -2.30. The van der Waals surface area contributed by atoms with Crippen LogP contribution in [0.15, 0.2) is 36.5 Å². The molecular weight excluding hydrogens is 244 g/mol. The van der Waals surface area contributed by atoms with Gasteiger partial charge in [-0.05, 0) is 45.4 Å². The Morgan fingerprint density at radius 2 is 1.95 bits per heavy atom. The minimum Gasteiger partial charge on any atom is -0.388 e. The van der Waals surface area contributed by atoms with Crippen molar-refractivity contribution in [2.45, 2.75) is 71.8 Å². The van der Waals surface area contributed by atoms with E-state index < -0.39 is 6.10 Å². The van der Waals surface area contributed by atoms with E-state index >= 15 is 0 Å². The van der Waals surface area contributed by atoms with Crippen molar-refractivity contribution in [1.82, 2.24) is 0 Å². The number of allylic oxidation sites excluding steroid dienone is 3. The Hall–Kier alpha value is -0.820. The minimum atomic E-state index is -0.424. The molecule has 1 N–H and O–H groups in total. The molecule has 0 unspecified atom stereocenters. The molecule has 1 aliphatic rings. The van der Waals surface area contributed by atoms with E-state index in [4.69, 9.17) is 0 Å². The molecule has 1 heteroatoms. The lowest BCUT2D eigenvalue weighted by molar-refractivity contribution is 0.106. The van der Waals surface area contributed by atoms with Crippen LogP contribution in [-0.4, -0.2) is 11.2 Å². The van der Waals surface area contributed by atoms with Crippen LogP contribution in [0.3, 0.4) is 0 Å². The molecule has 0 aromatic heterocycles. The Morgan fingerprint density at radius 3 is 2.50 bits per heavy atom. The smallest absolute Gasteiger partial charge is 0.0808 e. The van der Waals surface area contributed by atoms with Crippen molar-refractivity contribution >= 4 is 0 Å². The van der Waals surface area contributed by atoms with Crippen LogP contribution in [0.25, 0.3) is 0 Å². The number of rotatable bonds is 7. The summed E-state index contributed by atoms with van der Waals surface area (Å²) in [5.74, 6) is 0.672. The van der Waals surface area contributed by atoms with Gasteiger partial charge < -0.3 is 5.11 Å². The van der Waals surface area contributed by atoms with Gasteiger partial charge in [-0.3, -0.25) is 0 Å². The Bertz CT molecular complexity index is 343. The molecule has 0 aromatic carbocycles. The fourth-order valence-corrected chi connectivity index (χ4v) is 2.85. The van der Waals surface area contributed by atoms with Gasteiger partial charge in [0, 0.05) is 5.41 Å². The molecule has 1 saturated carbocycles. The molecule has 20 heavy (non-hydrogen) atoms. The maximum absolute atomic E-state index is 10.5. The molecule has 0 spiro atoms. The lowest BCUT2D eigenvalue weighted by Crippen LogP contribution is -2.28. The van der Waals surface area contributed by atoms with Crippen LogP contribution in [0.2, 0.25) is 0 Å². The highest BCUT2D eigenvalue weighted by Crippen LogP contribution is 2.32. The van der Waals surface area contributed by atoms with Crippen molar-refractivity contribution in [2.24, 2.45) is 11.3 Å². The lowest BCUT2D eigenvalue weighted by atomic mass is 9.79. The second-order valence-electron chi connectivity index (χ2n) is 6.76. The fraction of sp³-hybridized carbons (Fsp3) is 0.684. The van der Waals surface area contributed by atoms with Gasteiger partial charge in [0.25, 0.3) is 0 Å². The zero-order valence-electron chi connectivity index (χ0n) is 13.6. The van der Waals surface area contributed by atoms with Crippen LogP contribution in [0.1, 0.15) is 65.7 Å². The third-order valence-electron chi connectivity index (χ3n) is 4.59. The maximum Gasteiger partial charge on any atom is 0.0808 e. The third-order valence-corrected chi connectivity index (χ3v) is 4.59. The van der Waals surface area contributed by atoms with Gasteiger partial charge >= 0.3 is 0 Å². The van der Waals surface area contributed by atoms with Crippen LogP contribution in [0.5, 0.6) is 0 Å². The van der Waals surface area contributed by atoms with Gasteiger partial charge in [0.05, 0.1) is 6.10 Å². The van der Waals surface area contributed by atoms with E-state index in [0.717, 1.165) is 12.8 Å². The summed E-state index contributed by atoms with van der Waals surface area (Å²) in [6, 6.07) is 0. The Kier molecular flexibility index (Phi) is 7.29. The minimum absolute atomic E-state index is 0.225. The molecule has 1 aliphatic carbocycles. The van der Waals surface area contributed by atoms with Gasteiger partial charge in [0.1, 0.15) is 0 Å². The third kappa shape index (κ3) is 5.66. The van der Waals surface area contributed by atoms with Crippen LogP contribution in [-0.2, 0) is 0 Å². The summed E-state index contributed by atoms with van der Waals surface area (Å²) < 4.78 is 0. The average Bonchev–Trinajstić information content (AvgIpc) is 2.45. The topological polar surface area (TPSA) is 20.2 Å². The van der Waals surface area contributed by atoms with E-state index in [1.807, 2.05) is 12.2 Å². The largest absolute Gasteiger partial charge is 0.388 e. The average molecular weight is 276 g/mol. The van der Waals surface area contributed by atoms with E-state index in [0.29, 0.717) is 5.92 Å². The number of aliphatic hydroxyl groups is 1. The predicted molar refractivity (Wildman–Crippen MR) is 88.7 cm³/mol. The molecule has 0 aromatic rings. The van der Waals surface area contributed by atoms with E-state index in [-0.39, 0.29) is 5.41 Å². The van der Waals surface area contributed by atoms with Crippen molar-refractivity contribution in [1.29, 1.82) is 0 Å². The first-order chi connectivity index (χ1) is 9.48. The van der Waals surface area contributed by atoms with Crippen LogP contribution >= 0.6 is 0 Å². The Labute approximate surface area is 125 Å². The molecule has 1 fully saturated rings. The van der Waals surface area contributed by atoms with E-state index in [2.05, 4.69) is 39.5 Å². The first-order valence-electron chi connectivity index (χ1n) is 8.11. The Morgan fingerprint density at radius 1 is 1.30 bits per heavy atom. The van der Waals surface area contributed by atoms with E-state index in [1.54, 1.807) is 0 Å². The maximum atomic E-state index is 10.5. The standard InChI is InChI=1S/C19H32O/c1-5-19(4,15-9-10-16(2)3)18(20)14-13-17-11-7-6-8-12-17/h5,10,13-14,17-18,20H,1,6-9,11-12,15H2,2-4H3/b14-13+/t18-,19-/m1/s1. The molecule has 1 nitrogen and oxygen atoms in total. The highest BCUT2D eigenvalue weighted by Gasteiger charge is 2.27. The van der Waals surface area contributed by atoms with Crippen molar-refractivity contribution in [3.8, 4) is 0 Å². The number of aliphatic hydroxyl groups excluding tert-OH is 1. The fourth-order valence-electron chi connectivity index (χ4n) is 2.85. The quantitative estimate of drug-likeness (QED) is 0.615. The molecule has 0 heterocycles. The van der Waals surface area contributed by atoms with Crippen LogP contribution in [0, 0.1) is 11.3 Å². The molecule has 0 aliphatic heterocycles. The van der Waals surface area contributed by atoms with Gasteiger partial charge in [-0.25, -0.2) is 0 Å². The molecule has 114 valence electrons. The van der Waals surface area contributed by atoms with Crippen LogP contribution < -0.4 is 0 Å². The van der Waals surface area contributed by atoms with Gasteiger partial charge in [0.15, 0.2) is 0 Å². The number of hydrogen-bond acceptors (Lipinski definition) is 1. The summed E-state index contributed by atoms with van der Waals surface area (Å²) >= 11 is 0. The van der Waals surface area contributed by atoms with Crippen molar-refractivity contribution in [2.75, 3.05) is 0 Å². The second-order valence-corrected chi connectivity index (χ2v) is 6.76. The summed E-state index contributed by atoms with van der Waals surface area (Å²) in [5.41, 5.74) is 1.11. The van der Waals surface area contributed by atoms with Gasteiger partial charge in [0.2, 0.25) is 0 Å². The zero-order chi connectivity index (χ0) is 15.0. The summed E-state index contributed by atoms with van der Waals surface area (Å²) in [4.78, 5) is 0. The highest BCUT2D eigenvalue weighted by molar-refractivity contribution is 5.08. The first-order valence-corrected chi connectivity index (χ1v) is 8.11. The van der Waals surface area contributed by atoms with E-state index in [9.17, 15) is 5.11 Å². The highest BCUT2D eigenvalue weighted by atomic mass is 16.3. The molecule has 2 atom stereocenters. The second kappa shape index (κ2) is 8.46. The summed E-state index contributed by atoms with van der Waals surface area (Å²) in [6.45, 7) is 10.3. The van der Waals surface area contributed by atoms with Gasteiger partial charge in [-0.1, -0.05) is 56.1 Å². The molecule has 0 amide bonds. The molecule has 0 bridgehead atoms. The molecule has 1 rings (SSSR count). The monoisotopic (exact) mass is 276 g/mol. The van der Waals surface area contributed by atoms with Crippen molar-refractivity contribution in [3.63, 3.8) is 0 Å². The van der Waals surface area contributed by atoms with Crippen molar-refractivity contribution in [3.05, 3.63) is 36.5 Å². The van der Waals surface area contributed by atoms with Crippen molar-refractivity contribution < 1.29 is 5.11 Å². The van der Waals surface area contributed by atoms with Crippen LogP contribution in [0.4, 0.5) is 0 Å². The molecule has 0 saturated heterocycles. The van der Waals surface area contributed by atoms with Gasteiger partial charge in [-0.2, -0.15) is 0 Å². The zero-order valence-corrected chi connectivity index (χ0v) is 13.6. The summed E-state index contributed by atoms with van der Waals surface area (Å²) in [5, 5.41) is 10.5. The first kappa shape index (κ1) is 17.2.